The fourth-order valence-electron chi connectivity index (χ4n) is 2.31. The van der Waals surface area contributed by atoms with Gasteiger partial charge in [0.15, 0.2) is 0 Å². The van der Waals surface area contributed by atoms with Gasteiger partial charge in [0, 0.05) is 30.5 Å². The summed E-state index contributed by atoms with van der Waals surface area (Å²) in [5.41, 5.74) is 1.59. The van der Waals surface area contributed by atoms with Crippen LogP contribution in [0.3, 0.4) is 0 Å². The van der Waals surface area contributed by atoms with Gasteiger partial charge < -0.3 is 10.2 Å². The Morgan fingerprint density at radius 2 is 1.92 bits per heavy atom. The van der Waals surface area contributed by atoms with Crippen LogP contribution in [0, 0.1) is 0 Å². The molecule has 6 heteroatoms. The van der Waals surface area contributed by atoms with Crippen molar-refractivity contribution in [2.24, 2.45) is 0 Å². The van der Waals surface area contributed by atoms with Gasteiger partial charge in [-0.1, -0.05) is 17.7 Å². The number of nitrogens with zero attached hydrogens (tertiary/aromatic N) is 2. The maximum Gasteiger partial charge on any atom is 0.253 e. The van der Waals surface area contributed by atoms with Gasteiger partial charge in [-0.15, -0.1) is 0 Å². The lowest BCUT2D eigenvalue weighted by atomic mass is 10.1. The number of aromatic nitrogens is 1. The van der Waals surface area contributed by atoms with Gasteiger partial charge in [0.1, 0.15) is 0 Å². The van der Waals surface area contributed by atoms with Gasteiger partial charge in [0.05, 0.1) is 17.1 Å². The fraction of sp³-hybridized carbons (Fsp3) is 0.278. The Balaban J connectivity index is 2.14. The molecule has 2 rings (SSSR count). The molecule has 126 valence electrons. The van der Waals surface area contributed by atoms with Crippen molar-refractivity contribution in [3.05, 3.63) is 58.9 Å². The van der Waals surface area contributed by atoms with Crippen molar-refractivity contribution in [2.45, 2.75) is 20.3 Å². The van der Waals surface area contributed by atoms with Crippen LogP contribution in [-0.4, -0.2) is 34.8 Å². The van der Waals surface area contributed by atoms with Crippen LogP contribution in [0.25, 0.3) is 0 Å². The molecule has 1 N–H and O–H groups in total. The van der Waals surface area contributed by atoms with E-state index in [0.717, 1.165) is 0 Å². The second kappa shape index (κ2) is 8.45. The van der Waals surface area contributed by atoms with E-state index in [9.17, 15) is 9.59 Å². The highest BCUT2D eigenvalue weighted by Crippen LogP contribution is 2.24. The van der Waals surface area contributed by atoms with E-state index in [1.165, 1.54) is 0 Å². The highest BCUT2D eigenvalue weighted by Gasteiger charge is 2.15. The van der Waals surface area contributed by atoms with Gasteiger partial charge in [-0.05, 0) is 44.2 Å². The molecule has 24 heavy (non-hydrogen) atoms. The third-order valence-corrected chi connectivity index (χ3v) is 3.94. The zero-order valence-electron chi connectivity index (χ0n) is 13.8. The Hall–Kier alpha value is -2.40. The minimum absolute atomic E-state index is 0.0862. The molecule has 0 aliphatic heterocycles. The minimum atomic E-state index is -0.233. The Morgan fingerprint density at radius 1 is 1.17 bits per heavy atom. The first-order valence-electron chi connectivity index (χ1n) is 7.83. The zero-order valence-corrected chi connectivity index (χ0v) is 14.5. The molecule has 1 aromatic carbocycles. The molecule has 2 amide bonds. The summed E-state index contributed by atoms with van der Waals surface area (Å²) in [6, 6.07) is 10.3. The first kappa shape index (κ1) is 17.9. The number of carbonyl (C=O) groups is 2. The normalized spacial score (nSPS) is 10.3. The summed E-state index contributed by atoms with van der Waals surface area (Å²) in [6.45, 7) is 5.10. The predicted molar refractivity (Wildman–Crippen MR) is 95.3 cm³/mol. The van der Waals surface area contributed by atoms with Gasteiger partial charge in [-0.3, -0.25) is 14.6 Å². The van der Waals surface area contributed by atoms with Gasteiger partial charge in [0.2, 0.25) is 5.91 Å². The molecule has 2 aromatic rings. The second-order valence-electron chi connectivity index (χ2n) is 5.22. The maximum absolute atomic E-state index is 12.4. The minimum Gasteiger partial charge on any atom is -0.339 e. The molecule has 1 heterocycles. The number of hydrogen-bond donors (Lipinski definition) is 1. The molecule has 0 saturated carbocycles. The predicted octanol–water partition coefficient (Wildman–Crippen LogP) is 3.40. The largest absolute Gasteiger partial charge is 0.339 e. The molecule has 0 bridgehead atoms. The van der Waals surface area contributed by atoms with E-state index in [1.807, 2.05) is 19.9 Å². The zero-order chi connectivity index (χ0) is 17.5. The fourth-order valence-corrected chi connectivity index (χ4v) is 2.47. The lowest BCUT2D eigenvalue weighted by Crippen LogP contribution is -2.30. The van der Waals surface area contributed by atoms with Crippen molar-refractivity contribution >= 4 is 29.1 Å². The van der Waals surface area contributed by atoms with Gasteiger partial charge in [-0.25, -0.2) is 0 Å². The van der Waals surface area contributed by atoms with E-state index in [1.54, 1.807) is 41.4 Å². The summed E-state index contributed by atoms with van der Waals surface area (Å²) in [4.78, 5) is 30.4. The number of nitrogens with one attached hydrogen (secondary N) is 1. The van der Waals surface area contributed by atoms with Crippen LogP contribution in [0.1, 0.15) is 29.9 Å². The number of hydrogen-bond acceptors (Lipinski definition) is 3. The molecule has 0 aliphatic rings. The average molecular weight is 346 g/mol. The smallest absolute Gasteiger partial charge is 0.253 e. The van der Waals surface area contributed by atoms with E-state index >= 15 is 0 Å². The molecule has 1 aromatic heterocycles. The van der Waals surface area contributed by atoms with Crippen LogP contribution in [0.2, 0.25) is 5.02 Å². The number of amides is 2. The van der Waals surface area contributed by atoms with Gasteiger partial charge in [0.25, 0.3) is 5.91 Å². The molecule has 0 fully saturated rings. The Bertz CT molecular complexity index is 715. The Kier molecular flexibility index (Phi) is 6.32. The Labute approximate surface area is 146 Å². The molecular weight excluding hydrogens is 326 g/mol. The van der Waals surface area contributed by atoms with Crippen LogP contribution in [0.15, 0.2) is 42.6 Å². The first-order valence-corrected chi connectivity index (χ1v) is 8.21. The van der Waals surface area contributed by atoms with Crippen molar-refractivity contribution in [1.82, 2.24) is 9.88 Å². The van der Waals surface area contributed by atoms with Crippen LogP contribution < -0.4 is 5.32 Å². The first-order chi connectivity index (χ1) is 11.5. The number of benzene rings is 1. The van der Waals surface area contributed by atoms with Crippen molar-refractivity contribution < 1.29 is 9.59 Å². The van der Waals surface area contributed by atoms with Crippen molar-refractivity contribution in [1.29, 1.82) is 0 Å². The van der Waals surface area contributed by atoms with Crippen LogP contribution >= 0.6 is 11.6 Å². The lowest BCUT2D eigenvalue weighted by Gasteiger charge is -2.19. The summed E-state index contributed by atoms with van der Waals surface area (Å²) < 4.78 is 0. The molecule has 0 atom stereocenters. The van der Waals surface area contributed by atoms with Crippen molar-refractivity contribution in [2.75, 3.05) is 18.4 Å². The average Bonchev–Trinajstić information content (AvgIpc) is 2.58. The van der Waals surface area contributed by atoms with Crippen molar-refractivity contribution in [3.8, 4) is 0 Å². The third-order valence-electron chi connectivity index (χ3n) is 3.61. The SMILES string of the molecule is CCN(CC)C(=O)c1ccc(Cl)c(NC(=O)Cc2ccccn2)c1. The molecule has 5 nitrogen and oxygen atoms in total. The number of pyridine rings is 1. The second-order valence-corrected chi connectivity index (χ2v) is 5.63. The van der Waals surface area contributed by atoms with E-state index in [4.69, 9.17) is 11.6 Å². The summed E-state index contributed by atoms with van der Waals surface area (Å²) >= 11 is 6.14. The highest BCUT2D eigenvalue weighted by molar-refractivity contribution is 6.33. The number of rotatable bonds is 6. The standard InChI is InChI=1S/C18H20ClN3O2/c1-3-22(4-2)18(24)13-8-9-15(19)16(11-13)21-17(23)12-14-7-5-6-10-20-14/h5-11H,3-4,12H2,1-2H3,(H,21,23). The molecule has 0 spiro atoms. The molecule has 0 radical (unpaired) electrons. The summed E-state index contributed by atoms with van der Waals surface area (Å²) in [7, 11) is 0. The number of anilines is 1. The monoisotopic (exact) mass is 345 g/mol. The Morgan fingerprint density at radius 3 is 2.54 bits per heavy atom. The van der Waals surface area contributed by atoms with E-state index in [2.05, 4.69) is 10.3 Å². The van der Waals surface area contributed by atoms with E-state index in [-0.39, 0.29) is 18.2 Å². The molecular formula is C18H20ClN3O2. The third kappa shape index (κ3) is 4.55. The van der Waals surface area contributed by atoms with Gasteiger partial charge in [-0.2, -0.15) is 0 Å². The highest BCUT2D eigenvalue weighted by atomic mass is 35.5. The molecule has 0 unspecified atom stereocenters. The number of carbonyl (C=O) groups excluding carboxylic acids is 2. The molecule has 0 saturated heterocycles. The van der Waals surface area contributed by atoms with Crippen LogP contribution in [0.4, 0.5) is 5.69 Å². The van der Waals surface area contributed by atoms with E-state index < -0.39 is 0 Å². The van der Waals surface area contributed by atoms with Crippen LogP contribution in [0.5, 0.6) is 0 Å². The quantitative estimate of drug-likeness (QED) is 0.872. The summed E-state index contributed by atoms with van der Waals surface area (Å²) in [5.74, 6) is -0.320. The van der Waals surface area contributed by atoms with E-state index in [0.29, 0.717) is 35.1 Å². The maximum atomic E-state index is 12.4. The molecule has 0 aliphatic carbocycles. The van der Waals surface area contributed by atoms with Gasteiger partial charge >= 0.3 is 0 Å². The summed E-state index contributed by atoms with van der Waals surface area (Å²) in [5, 5.41) is 3.14. The van der Waals surface area contributed by atoms with Crippen LogP contribution in [-0.2, 0) is 11.2 Å². The topological polar surface area (TPSA) is 62.3 Å². The number of halogens is 1. The van der Waals surface area contributed by atoms with Crippen molar-refractivity contribution in [3.63, 3.8) is 0 Å². The lowest BCUT2D eigenvalue weighted by molar-refractivity contribution is -0.115. The summed E-state index contributed by atoms with van der Waals surface area (Å²) in [6.07, 6.45) is 1.78.